The molecule has 2 N–H and O–H groups in total. The van der Waals surface area contributed by atoms with Crippen LogP contribution in [0.2, 0.25) is 0 Å². The largest absolute Gasteiger partial charge is 0.395 e. The molecule has 2 heterocycles. The van der Waals surface area contributed by atoms with E-state index in [-0.39, 0.29) is 29.1 Å². The molecule has 0 aliphatic carbocycles. The Morgan fingerprint density at radius 2 is 2.19 bits per heavy atom. The molecular weight excluding hydrogens is 294 g/mol. The van der Waals surface area contributed by atoms with Crippen LogP contribution in [0.15, 0.2) is 17.2 Å². The molecule has 1 aromatic heterocycles. The summed E-state index contributed by atoms with van der Waals surface area (Å²) < 4.78 is 28.2. The standard InChI is InChI=1S/C13H21N3O4S/c1-14-13(18)12-7-11(8-15(12)2)21(19,20)16-6-4-3-5-10(16)9-17/h7-8,10,17H,3-6,9H2,1-2H3,(H,14,18). The van der Waals surface area contributed by atoms with Crippen molar-refractivity contribution in [3.8, 4) is 0 Å². The molecule has 1 fully saturated rings. The average Bonchev–Trinajstić information content (AvgIpc) is 2.89. The first kappa shape index (κ1) is 16.0. The van der Waals surface area contributed by atoms with Gasteiger partial charge in [0.1, 0.15) is 10.6 Å². The SMILES string of the molecule is CNC(=O)c1cc(S(=O)(=O)N2CCCCC2CO)cn1C. The topological polar surface area (TPSA) is 91.6 Å². The Labute approximate surface area is 124 Å². The third kappa shape index (κ3) is 2.97. The van der Waals surface area contributed by atoms with Gasteiger partial charge in [-0.2, -0.15) is 4.31 Å². The highest BCUT2D eigenvalue weighted by Crippen LogP contribution is 2.26. The molecule has 0 aromatic carbocycles. The third-order valence-corrected chi connectivity index (χ3v) is 5.75. The number of nitrogens with one attached hydrogen (secondary N) is 1. The van der Waals surface area contributed by atoms with Crippen LogP contribution in [0.1, 0.15) is 29.8 Å². The predicted molar refractivity (Wildman–Crippen MR) is 77.4 cm³/mol. The number of nitrogens with zero attached hydrogens (tertiary/aromatic N) is 2. The molecule has 21 heavy (non-hydrogen) atoms. The number of piperidine rings is 1. The summed E-state index contributed by atoms with van der Waals surface area (Å²) in [5.41, 5.74) is 0.286. The first-order valence-electron chi connectivity index (χ1n) is 6.93. The van der Waals surface area contributed by atoms with Crippen molar-refractivity contribution in [1.82, 2.24) is 14.2 Å². The maximum absolute atomic E-state index is 12.7. The summed E-state index contributed by atoms with van der Waals surface area (Å²) in [6, 6.07) is 0.990. The van der Waals surface area contributed by atoms with Gasteiger partial charge in [-0.05, 0) is 18.9 Å². The van der Waals surface area contributed by atoms with Gasteiger partial charge >= 0.3 is 0 Å². The van der Waals surface area contributed by atoms with Crippen molar-refractivity contribution >= 4 is 15.9 Å². The third-order valence-electron chi connectivity index (χ3n) is 3.83. The van der Waals surface area contributed by atoms with Crippen LogP contribution >= 0.6 is 0 Å². The zero-order chi connectivity index (χ0) is 15.6. The van der Waals surface area contributed by atoms with Crippen LogP contribution in [-0.2, 0) is 17.1 Å². The second-order valence-corrected chi connectivity index (χ2v) is 7.09. The number of aryl methyl sites for hydroxylation is 1. The molecule has 1 amide bonds. The zero-order valence-electron chi connectivity index (χ0n) is 12.2. The maximum atomic E-state index is 12.7. The lowest BCUT2D eigenvalue weighted by molar-refractivity contribution is 0.0955. The lowest BCUT2D eigenvalue weighted by Gasteiger charge is -2.33. The fraction of sp³-hybridized carbons (Fsp3) is 0.615. The van der Waals surface area contributed by atoms with E-state index >= 15 is 0 Å². The van der Waals surface area contributed by atoms with Gasteiger partial charge in [-0.15, -0.1) is 0 Å². The quantitative estimate of drug-likeness (QED) is 0.813. The van der Waals surface area contributed by atoms with Crippen LogP contribution in [0.5, 0.6) is 0 Å². The van der Waals surface area contributed by atoms with Gasteiger partial charge in [-0.1, -0.05) is 6.42 Å². The van der Waals surface area contributed by atoms with E-state index in [0.717, 1.165) is 12.8 Å². The van der Waals surface area contributed by atoms with Crippen molar-refractivity contribution in [1.29, 1.82) is 0 Å². The van der Waals surface area contributed by atoms with Crippen molar-refractivity contribution in [2.75, 3.05) is 20.2 Å². The van der Waals surface area contributed by atoms with Gasteiger partial charge in [0.05, 0.1) is 6.61 Å². The molecule has 1 aromatic rings. The summed E-state index contributed by atoms with van der Waals surface area (Å²) >= 11 is 0. The number of hydrogen-bond donors (Lipinski definition) is 2. The molecular formula is C13H21N3O4S. The Bertz CT molecular complexity index is 623. The number of aliphatic hydroxyl groups excluding tert-OH is 1. The zero-order valence-corrected chi connectivity index (χ0v) is 13.1. The minimum Gasteiger partial charge on any atom is -0.395 e. The number of amides is 1. The lowest BCUT2D eigenvalue weighted by atomic mass is 10.1. The van der Waals surface area contributed by atoms with Crippen LogP contribution in [0.25, 0.3) is 0 Å². The number of carbonyl (C=O) groups is 1. The van der Waals surface area contributed by atoms with E-state index in [1.807, 2.05) is 0 Å². The highest BCUT2D eigenvalue weighted by molar-refractivity contribution is 7.89. The van der Waals surface area contributed by atoms with Gasteiger partial charge in [0.15, 0.2) is 0 Å². The average molecular weight is 315 g/mol. The molecule has 0 bridgehead atoms. The Kier molecular flexibility index (Phi) is 4.70. The molecule has 1 unspecified atom stereocenters. The highest BCUT2D eigenvalue weighted by Gasteiger charge is 2.34. The fourth-order valence-corrected chi connectivity index (χ4v) is 4.39. The predicted octanol–water partition coefficient (Wildman–Crippen LogP) is -0.0798. The molecule has 0 spiro atoms. The maximum Gasteiger partial charge on any atom is 0.267 e. The Morgan fingerprint density at radius 3 is 2.81 bits per heavy atom. The van der Waals surface area contributed by atoms with Crippen molar-refractivity contribution in [3.05, 3.63) is 18.0 Å². The number of hydrogen-bond acceptors (Lipinski definition) is 4. The Hall–Kier alpha value is -1.38. The van der Waals surface area contributed by atoms with E-state index in [1.165, 1.54) is 28.2 Å². The molecule has 1 aliphatic rings. The van der Waals surface area contributed by atoms with E-state index in [1.54, 1.807) is 7.05 Å². The number of carbonyl (C=O) groups excluding carboxylic acids is 1. The Balaban J connectivity index is 2.37. The smallest absolute Gasteiger partial charge is 0.267 e. The lowest BCUT2D eigenvalue weighted by Crippen LogP contribution is -2.45. The van der Waals surface area contributed by atoms with Crippen LogP contribution in [0.4, 0.5) is 0 Å². The normalized spacial score (nSPS) is 20.4. The molecule has 2 rings (SSSR count). The minimum absolute atomic E-state index is 0.0870. The highest BCUT2D eigenvalue weighted by atomic mass is 32.2. The number of aromatic nitrogens is 1. The Morgan fingerprint density at radius 1 is 1.48 bits per heavy atom. The van der Waals surface area contributed by atoms with Gasteiger partial charge < -0.3 is 15.0 Å². The number of aliphatic hydroxyl groups is 1. The van der Waals surface area contributed by atoms with E-state index in [0.29, 0.717) is 13.0 Å². The van der Waals surface area contributed by atoms with Gasteiger partial charge in [0.25, 0.3) is 5.91 Å². The first-order chi connectivity index (χ1) is 9.91. The second-order valence-electron chi connectivity index (χ2n) is 5.20. The van der Waals surface area contributed by atoms with Crippen LogP contribution in [-0.4, -0.2) is 54.5 Å². The molecule has 8 heteroatoms. The van der Waals surface area contributed by atoms with E-state index in [2.05, 4.69) is 5.32 Å². The van der Waals surface area contributed by atoms with Crippen molar-refractivity contribution in [2.24, 2.45) is 7.05 Å². The molecule has 0 radical (unpaired) electrons. The fourth-order valence-electron chi connectivity index (χ4n) is 2.64. The summed E-state index contributed by atoms with van der Waals surface area (Å²) in [6.07, 6.45) is 3.79. The second kappa shape index (κ2) is 6.17. The van der Waals surface area contributed by atoms with Crippen LogP contribution in [0.3, 0.4) is 0 Å². The summed E-state index contributed by atoms with van der Waals surface area (Å²) in [6.45, 7) is 0.214. The summed E-state index contributed by atoms with van der Waals surface area (Å²) in [5, 5.41) is 11.9. The van der Waals surface area contributed by atoms with Crippen molar-refractivity contribution in [2.45, 2.75) is 30.2 Å². The summed E-state index contributed by atoms with van der Waals surface area (Å²) in [7, 11) is -0.570. The van der Waals surface area contributed by atoms with Gasteiger partial charge in [-0.25, -0.2) is 8.42 Å². The van der Waals surface area contributed by atoms with Crippen LogP contribution < -0.4 is 5.32 Å². The first-order valence-corrected chi connectivity index (χ1v) is 8.37. The number of sulfonamides is 1. The van der Waals surface area contributed by atoms with Crippen molar-refractivity contribution < 1.29 is 18.3 Å². The molecule has 1 aliphatic heterocycles. The van der Waals surface area contributed by atoms with E-state index in [4.69, 9.17) is 0 Å². The monoisotopic (exact) mass is 315 g/mol. The summed E-state index contributed by atoms with van der Waals surface area (Å²) in [4.78, 5) is 11.8. The van der Waals surface area contributed by atoms with E-state index < -0.39 is 10.0 Å². The number of rotatable bonds is 4. The molecule has 118 valence electrons. The summed E-state index contributed by atoms with van der Waals surface area (Å²) in [5.74, 6) is -0.337. The van der Waals surface area contributed by atoms with Crippen molar-refractivity contribution in [3.63, 3.8) is 0 Å². The van der Waals surface area contributed by atoms with Gasteiger partial charge in [-0.3, -0.25) is 4.79 Å². The minimum atomic E-state index is -3.69. The van der Waals surface area contributed by atoms with E-state index in [9.17, 15) is 18.3 Å². The molecule has 7 nitrogen and oxygen atoms in total. The molecule has 1 saturated heterocycles. The van der Waals surface area contributed by atoms with Crippen LogP contribution in [0, 0.1) is 0 Å². The van der Waals surface area contributed by atoms with Gasteiger partial charge in [0.2, 0.25) is 10.0 Å². The molecule has 0 saturated carbocycles. The molecule has 1 atom stereocenters. The van der Waals surface area contributed by atoms with Gasteiger partial charge in [0, 0.05) is 32.9 Å².